The van der Waals surface area contributed by atoms with E-state index < -0.39 is 0 Å². The van der Waals surface area contributed by atoms with Crippen molar-refractivity contribution in [1.29, 1.82) is 0 Å². The fraction of sp³-hybridized carbons (Fsp3) is 0.643. The van der Waals surface area contributed by atoms with Crippen LogP contribution in [-0.4, -0.2) is 16.3 Å². The molecule has 0 saturated heterocycles. The molecule has 1 heterocycles. The Balaban J connectivity index is 2.15. The van der Waals surface area contributed by atoms with Gasteiger partial charge in [0, 0.05) is 7.05 Å². The number of allylic oxidation sites excluding steroid dienone is 1. The van der Waals surface area contributed by atoms with Gasteiger partial charge in [0.2, 0.25) is 0 Å². The van der Waals surface area contributed by atoms with Crippen LogP contribution in [0.5, 0.6) is 0 Å². The molecule has 18 heavy (non-hydrogen) atoms. The van der Waals surface area contributed by atoms with Crippen LogP contribution in [0, 0.1) is 0 Å². The van der Waals surface area contributed by atoms with Crippen molar-refractivity contribution in [3.63, 3.8) is 0 Å². The number of hydrogen-bond acceptors (Lipinski definition) is 2. The van der Waals surface area contributed by atoms with Crippen LogP contribution in [0.15, 0.2) is 22.3 Å². The third-order valence-corrected chi connectivity index (χ3v) is 4.18. The third kappa shape index (κ3) is 3.23. The molecule has 4 heteroatoms. The molecule has 0 radical (unpaired) electrons. The summed E-state index contributed by atoms with van der Waals surface area (Å²) in [6.07, 6.45) is 10.6. The van der Waals surface area contributed by atoms with E-state index >= 15 is 0 Å². The fourth-order valence-corrected chi connectivity index (χ4v) is 3.30. The summed E-state index contributed by atoms with van der Waals surface area (Å²) in [5.74, 6) is 0. The fourth-order valence-electron chi connectivity index (χ4n) is 2.68. The molecule has 1 N–H and O–H groups in total. The molecule has 1 aliphatic rings. The Morgan fingerprint density at radius 3 is 2.89 bits per heavy atom. The zero-order valence-electron chi connectivity index (χ0n) is 11.2. The van der Waals surface area contributed by atoms with E-state index in [0.717, 1.165) is 17.4 Å². The Bertz CT molecular complexity index is 403. The summed E-state index contributed by atoms with van der Waals surface area (Å²) in [5.41, 5.74) is 2.85. The van der Waals surface area contributed by atoms with E-state index in [4.69, 9.17) is 0 Å². The number of nitrogens with zero attached hydrogens (tertiary/aromatic N) is 2. The molecule has 1 aliphatic carbocycles. The minimum absolute atomic E-state index is 0.362. The van der Waals surface area contributed by atoms with Crippen molar-refractivity contribution in [2.24, 2.45) is 7.05 Å². The van der Waals surface area contributed by atoms with Crippen LogP contribution in [0.25, 0.3) is 0 Å². The summed E-state index contributed by atoms with van der Waals surface area (Å²) in [5, 5.41) is 7.91. The molecule has 0 saturated carbocycles. The standard InChI is InChI=1S/C14H22BrN3/c1-3-16-13(9-11-7-5-4-6-8-11)14-12(15)10-17-18(14)2/h7,10,13,16H,3-6,8-9H2,1-2H3. The highest BCUT2D eigenvalue weighted by Crippen LogP contribution is 2.30. The molecule has 1 aromatic rings. The summed E-state index contributed by atoms with van der Waals surface area (Å²) in [6.45, 7) is 3.14. The summed E-state index contributed by atoms with van der Waals surface area (Å²) in [4.78, 5) is 0. The summed E-state index contributed by atoms with van der Waals surface area (Å²) in [6, 6.07) is 0.362. The number of rotatable bonds is 5. The molecule has 0 spiro atoms. The van der Waals surface area contributed by atoms with Gasteiger partial charge in [-0.2, -0.15) is 5.10 Å². The second-order valence-corrected chi connectivity index (χ2v) is 5.78. The van der Waals surface area contributed by atoms with E-state index in [2.05, 4.69) is 39.3 Å². The molecule has 1 unspecified atom stereocenters. The summed E-state index contributed by atoms with van der Waals surface area (Å²) < 4.78 is 3.08. The van der Waals surface area contributed by atoms with Crippen molar-refractivity contribution in [2.45, 2.75) is 45.1 Å². The van der Waals surface area contributed by atoms with Crippen molar-refractivity contribution < 1.29 is 0 Å². The van der Waals surface area contributed by atoms with Crippen LogP contribution in [0.1, 0.15) is 50.8 Å². The third-order valence-electron chi connectivity index (χ3n) is 3.57. The second kappa shape index (κ2) is 6.53. The molecule has 3 nitrogen and oxygen atoms in total. The molecular weight excluding hydrogens is 290 g/mol. The Labute approximate surface area is 118 Å². The SMILES string of the molecule is CCNC(CC1=CCCCC1)c1c(Br)cnn1C. The molecule has 1 aromatic heterocycles. The van der Waals surface area contributed by atoms with Gasteiger partial charge in [-0.05, 0) is 54.6 Å². The van der Waals surface area contributed by atoms with Crippen molar-refractivity contribution in [3.05, 3.63) is 28.0 Å². The Morgan fingerprint density at radius 1 is 1.50 bits per heavy atom. The van der Waals surface area contributed by atoms with Crippen LogP contribution < -0.4 is 5.32 Å². The first-order valence-corrected chi connectivity index (χ1v) is 7.60. The van der Waals surface area contributed by atoms with Gasteiger partial charge in [-0.25, -0.2) is 0 Å². The Morgan fingerprint density at radius 2 is 2.33 bits per heavy atom. The van der Waals surface area contributed by atoms with E-state index in [1.54, 1.807) is 5.57 Å². The van der Waals surface area contributed by atoms with Crippen molar-refractivity contribution in [3.8, 4) is 0 Å². The van der Waals surface area contributed by atoms with Gasteiger partial charge in [0.1, 0.15) is 0 Å². The highest BCUT2D eigenvalue weighted by molar-refractivity contribution is 9.10. The molecule has 0 bridgehead atoms. The quantitative estimate of drug-likeness (QED) is 0.840. The van der Waals surface area contributed by atoms with Crippen molar-refractivity contribution in [2.75, 3.05) is 6.54 Å². The van der Waals surface area contributed by atoms with Gasteiger partial charge in [-0.15, -0.1) is 0 Å². The predicted molar refractivity (Wildman–Crippen MR) is 78.5 cm³/mol. The van der Waals surface area contributed by atoms with E-state index in [-0.39, 0.29) is 0 Å². The number of nitrogens with one attached hydrogen (secondary N) is 1. The maximum Gasteiger partial charge on any atom is 0.0695 e. The Hall–Kier alpha value is -0.610. The minimum atomic E-state index is 0.362. The molecule has 0 aromatic carbocycles. The minimum Gasteiger partial charge on any atom is -0.309 e. The van der Waals surface area contributed by atoms with Crippen molar-refractivity contribution >= 4 is 15.9 Å². The zero-order chi connectivity index (χ0) is 13.0. The van der Waals surface area contributed by atoms with Crippen LogP contribution in [0.3, 0.4) is 0 Å². The average molecular weight is 312 g/mol. The zero-order valence-corrected chi connectivity index (χ0v) is 12.8. The van der Waals surface area contributed by atoms with Crippen LogP contribution in [-0.2, 0) is 7.05 Å². The van der Waals surface area contributed by atoms with E-state index in [9.17, 15) is 0 Å². The number of aromatic nitrogens is 2. The van der Waals surface area contributed by atoms with Crippen LogP contribution >= 0.6 is 15.9 Å². The highest BCUT2D eigenvalue weighted by atomic mass is 79.9. The lowest BCUT2D eigenvalue weighted by atomic mass is 9.93. The average Bonchev–Trinajstić information content (AvgIpc) is 2.70. The van der Waals surface area contributed by atoms with Crippen LogP contribution in [0.4, 0.5) is 0 Å². The van der Waals surface area contributed by atoms with Gasteiger partial charge in [0.25, 0.3) is 0 Å². The smallest absolute Gasteiger partial charge is 0.0695 e. The lowest BCUT2D eigenvalue weighted by molar-refractivity contribution is 0.491. The summed E-state index contributed by atoms with van der Waals surface area (Å²) >= 11 is 3.61. The number of hydrogen-bond donors (Lipinski definition) is 1. The summed E-state index contributed by atoms with van der Waals surface area (Å²) in [7, 11) is 2.01. The van der Waals surface area contributed by atoms with Gasteiger partial charge >= 0.3 is 0 Å². The molecular formula is C14H22BrN3. The Kier molecular flexibility index (Phi) is 5.01. The lowest BCUT2D eigenvalue weighted by Crippen LogP contribution is -2.24. The van der Waals surface area contributed by atoms with E-state index in [0.29, 0.717) is 6.04 Å². The maximum absolute atomic E-state index is 4.32. The number of halogens is 1. The monoisotopic (exact) mass is 311 g/mol. The first-order valence-electron chi connectivity index (χ1n) is 6.81. The first kappa shape index (κ1) is 13.8. The molecule has 2 rings (SSSR count). The molecule has 0 fully saturated rings. The second-order valence-electron chi connectivity index (χ2n) is 4.92. The van der Waals surface area contributed by atoms with Gasteiger partial charge < -0.3 is 5.32 Å². The van der Waals surface area contributed by atoms with Gasteiger partial charge in [0.15, 0.2) is 0 Å². The lowest BCUT2D eigenvalue weighted by Gasteiger charge is -2.22. The largest absolute Gasteiger partial charge is 0.309 e. The predicted octanol–water partition coefficient (Wildman–Crippen LogP) is 3.72. The van der Waals surface area contributed by atoms with E-state index in [1.165, 1.54) is 31.4 Å². The van der Waals surface area contributed by atoms with Crippen LogP contribution in [0.2, 0.25) is 0 Å². The first-order chi connectivity index (χ1) is 8.72. The number of aryl methyl sites for hydroxylation is 1. The maximum atomic E-state index is 4.32. The van der Waals surface area contributed by atoms with Crippen molar-refractivity contribution in [1.82, 2.24) is 15.1 Å². The topological polar surface area (TPSA) is 29.9 Å². The normalized spacial score (nSPS) is 17.6. The molecule has 0 amide bonds. The highest BCUT2D eigenvalue weighted by Gasteiger charge is 2.19. The molecule has 100 valence electrons. The van der Waals surface area contributed by atoms with Gasteiger partial charge in [-0.3, -0.25) is 4.68 Å². The van der Waals surface area contributed by atoms with E-state index in [1.807, 2.05) is 17.9 Å². The van der Waals surface area contributed by atoms with Gasteiger partial charge in [0.05, 0.1) is 22.4 Å². The molecule has 0 aliphatic heterocycles. The molecule has 1 atom stereocenters. The van der Waals surface area contributed by atoms with Gasteiger partial charge in [-0.1, -0.05) is 18.6 Å².